The van der Waals surface area contributed by atoms with E-state index in [0.29, 0.717) is 6.54 Å². The number of nitrogens with one attached hydrogen (secondary N) is 1. The van der Waals surface area contributed by atoms with Crippen LogP contribution in [0, 0.1) is 0 Å². The second-order valence-corrected chi connectivity index (χ2v) is 3.06. The number of hydrogen-bond donors (Lipinski definition) is 1. The molecule has 1 amide bonds. The summed E-state index contributed by atoms with van der Waals surface area (Å²) in [6.45, 7) is 0.436. The highest BCUT2D eigenvalue weighted by molar-refractivity contribution is 5.94. The first-order chi connectivity index (χ1) is 7.72. The van der Waals surface area contributed by atoms with Gasteiger partial charge in [0.1, 0.15) is 0 Å². The maximum Gasteiger partial charge on any atom is 0.330 e. The van der Waals surface area contributed by atoms with Crippen LogP contribution < -0.4 is 5.32 Å². The summed E-state index contributed by atoms with van der Waals surface area (Å²) in [6.07, 6.45) is 2.23. The number of ether oxygens (including phenoxy) is 1. The fourth-order valence-electron chi connectivity index (χ4n) is 1.06. The van der Waals surface area contributed by atoms with Crippen molar-refractivity contribution in [2.45, 2.75) is 6.54 Å². The van der Waals surface area contributed by atoms with Crippen LogP contribution in [0.25, 0.3) is 0 Å². The molecule has 4 heteroatoms. The molecule has 1 aromatic carbocycles. The zero-order chi connectivity index (χ0) is 11.8. The smallest absolute Gasteiger partial charge is 0.330 e. The molecule has 4 nitrogen and oxygen atoms in total. The van der Waals surface area contributed by atoms with Gasteiger partial charge >= 0.3 is 5.97 Å². The average molecular weight is 219 g/mol. The highest BCUT2D eigenvalue weighted by Crippen LogP contribution is 1.96. The monoisotopic (exact) mass is 219 g/mol. The standard InChI is InChI=1S/C12H13NO3/c1-16-12(15)8-7-11(14)13-9-10-5-3-2-4-6-10/h2-8H,9H2,1H3,(H,13,14)/b8-7+. The molecule has 0 saturated carbocycles. The first-order valence-corrected chi connectivity index (χ1v) is 4.80. The molecule has 1 rings (SSSR count). The van der Waals surface area contributed by atoms with E-state index in [-0.39, 0.29) is 5.91 Å². The van der Waals surface area contributed by atoms with Crippen molar-refractivity contribution in [3.8, 4) is 0 Å². The molecule has 0 saturated heterocycles. The lowest BCUT2D eigenvalue weighted by molar-refractivity contribution is -0.135. The van der Waals surface area contributed by atoms with E-state index in [1.165, 1.54) is 7.11 Å². The maximum atomic E-state index is 11.2. The van der Waals surface area contributed by atoms with Gasteiger partial charge in [-0.05, 0) is 5.56 Å². The van der Waals surface area contributed by atoms with Gasteiger partial charge in [0.15, 0.2) is 0 Å². The number of hydrogen-bond acceptors (Lipinski definition) is 3. The van der Waals surface area contributed by atoms with Crippen molar-refractivity contribution in [2.24, 2.45) is 0 Å². The van der Waals surface area contributed by atoms with Gasteiger partial charge in [0.05, 0.1) is 7.11 Å². The average Bonchev–Trinajstić information content (AvgIpc) is 2.34. The van der Waals surface area contributed by atoms with Gasteiger partial charge in [-0.2, -0.15) is 0 Å². The molecule has 0 aliphatic rings. The van der Waals surface area contributed by atoms with Crippen molar-refractivity contribution < 1.29 is 14.3 Å². The van der Waals surface area contributed by atoms with Crippen LogP contribution >= 0.6 is 0 Å². The lowest BCUT2D eigenvalue weighted by atomic mass is 10.2. The van der Waals surface area contributed by atoms with Crippen LogP contribution in [0.3, 0.4) is 0 Å². The van der Waals surface area contributed by atoms with Crippen LogP contribution in [0.4, 0.5) is 0 Å². The fourth-order valence-corrected chi connectivity index (χ4v) is 1.06. The minimum Gasteiger partial charge on any atom is -0.466 e. The van der Waals surface area contributed by atoms with E-state index in [2.05, 4.69) is 10.1 Å². The van der Waals surface area contributed by atoms with E-state index in [1.54, 1.807) is 0 Å². The summed E-state index contributed by atoms with van der Waals surface area (Å²) in [4.78, 5) is 21.9. The molecule has 0 aromatic heterocycles. The van der Waals surface area contributed by atoms with Crippen LogP contribution in [0.2, 0.25) is 0 Å². The van der Waals surface area contributed by atoms with E-state index in [4.69, 9.17) is 0 Å². The predicted octanol–water partition coefficient (Wildman–Crippen LogP) is 1.03. The van der Waals surface area contributed by atoms with Crippen LogP contribution in [0.5, 0.6) is 0 Å². The van der Waals surface area contributed by atoms with E-state index in [0.717, 1.165) is 17.7 Å². The zero-order valence-corrected chi connectivity index (χ0v) is 8.97. The van der Waals surface area contributed by atoms with Gasteiger partial charge < -0.3 is 10.1 Å². The molecule has 0 aliphatic heterocycles. The Morgan fingerprint density at radius 3 is 2.56 bits per heavy atom. The summed E-state index contributed by atoms with van der Waals surface area (Å²) in [5.41, 5.74) is 1.00. The molecule has 16 heavy (non-hydrogen) atoms. The van der Waals surface area contributed by atoms with Gasteiger partial charge in [0.25, 0.3) is 0 Å². The summed E-state index contributed by atoms with van der Waals surface area (Å²) >= 11 is 0. The molecule has 84 valence electrons. The number of esters is 1. The zero-order valence-electron chi connectivity index (χ0n) is 8.97. The lowest BCUT2D eigenvalue weighted by Gasteiger charge is -2.01. The normalized spacial score (nSPS) is 10.1. The first-order valence-electron chi connectivity index (χ1n) is 4.80. The number of benzene rings is 1. The Morgan fingerprint density at radius 2 is 1.94 bits per heavy atom. The summed E-state index contributed by atoms with van der Waals surface area (Å²) in [6, 6.07) is 9.51. The number of rotatable bonds is 4. The van der Waals surface area contributed by atoms with Crippen molar-refractivity contribution in [1.29, 1.82) is 0 Å². The molecular formula is C12H13NO3. The minimum absolute atomic E-state index is 0.325. The molecule has 0 bridgehead atoms. The lowest BCUT2D eigenvalue weighted by Crippen LogP contribution is -2.20. The van der Waals surface area contributed by atoms with Gasteiger partial charge in [-0.1, -0.05) is 30.3 Å². The Kier molecular flexibility index (Phi) is 4.79. The summed E-state index contributed by atoms with van der Waals surface area (Å²) in [5, 5.41) is 2.64. The molecular weight excluding hydrogens is 206 g/mol. The highest BCUT2D eigenvalue weighted by Gasteiger charge is 1.97. The Morgan fingerprint density at radius 1 is 1.25 bits per heavy atom. The van der Waals surface area contributed by atoms with Gasteiger partial charge in [-0.3, -0.25) is 4.79 Å². The highest BCUT2D eigenvalue weighted by atomic mass is 16.5. The van der Waals surface area contributed by atoms with Crippen LogP contribution in [-0.2, 0) is 20.9 Å². The van der Waals surface area contributed by atoms with Gasteiger partial charge in [-0.25, -0.2) is 4.79 Å². The minimum atomic E-state index is -0.546. The van der Waals surface area contributed by atoms with Crippen LogP contribution in [-0.4, -0.2) is 19.0 Å². The van der Waals surface area contributed by atoms with Crippen LogP contribution in [0.15, 0.2) is 42.5 Å². The fraction of sp³-hybridized carbons (Fsp3) is 0.167. The van der Waals surface area contributed by atoms with E-state index >= 15 is 0 Å². The molecule has 0 aliphatic carbocycles. The Labute approximate surface area is 93.9 Å². The van der Waals surface area contributed by atoms with Gasteiger partial charge in [0, 0.05) is 18.7 Å². The summed E-state index contributed by atoms with van der Waals surface area (Å²) < 4.78 is 4.36. The van der Waals surface area contributed by atoms with Crippen LogP contribution in [0.1, 0.15) is 5.56 Å². The molecule has 1 aromatic rings. The number of carbonyl (C=O) groups is 2. The van der Waals surface area contributed by atoms with Crippen molar-refractivity contribution in [3.05, 3.63) is 48.0 Å². The number of amides is 1. The third-order valence-electron chi connectivity index (χ3n) is 1.88. The molecule has 0 fully saturated rings. The van der Waals surface area contributed by atoms with E-state index in [9.17, 15) is 9.59 Å². The Balaban J connectivity index is 2.36. The summed E-state index contributed by atoms with van der Waals surface area (Å²) in [7, 11) is 1.26. The Bertz CT molecular complexity index is 385. The van der Waals surface area contributed by atoms with E-state index in [1.807, 2.05) is 30.3 Å². The second kappa shape index (κ2) is 6.40. The molecule has 0 spiro atoms. The molecule has 0 unspecified atom stereocenters. The SMILES string of the molecule is COC(=O)/C=C/C(=O)NCc1ccccc1. The third-order valence-corrected chi connectivity index (χ3v) is 1.88. The topological polar surface area (TPSA) is 55.4 Å². The Hall–Kier alpha value is -2.10. The summed E-state index contributed by atoms with van der Waals surface area (Å²) in [5.74, 6) is -0.871. The largest absolute Gasteiger partial charge is 0.466 e. The quantitative estimate of drug-likeness (QED) is 0.608. The van der Waals surface area contributed by atoms with E-state index < -0.39 is 5.97 Å². The predicted molar refractivity (Wildman–Crippen MR) is 59.4 cm³/mol. The van der Waals surface area contributed by atoms with Gasteiger partial charge in [-0.15, -0.1) is 0 Å². The number of methoxy groups -OCH3 is 1. The third kappa shape index (κ3) is 4.41. The van der Waals surface area contributed by atoms with Gasteiger partial charge in [0.2, 0.25) is 5.91 Å². The molecule has 0 heterocycles. The first kappa shape index (κ1) is 12.0. The molecule has 0 atom stereocenters. The van der Waals surface area contributed by atoms with Crippen molar-refractivity contribution in [3.63, 3.8) is 0 Å². The second-order valence-electron chi connectivity index (χ2n) is 3.06. The molecule has 1 N–H and O–H groups in total. The molecule has 0 radical (unpaired) electrons. The van der Waals surface area contributed by atoms with Crippen molar-refractivity contribution in [1.82, 2.24) is 5.32 Å². The maximum absolute atomic E-state index is 11.2. The van der Waals surface area contributed by atoms with Crippen molar-refractivity contribution >= 4 is 11.9 Å². The number of carbonyl (C=O) groups excluding carboxylic acids is 2. The van der Waals surface area contributed by atoms with Crippen molar-refractivity contribution in [2.75, 3.05) is 7.11 Å².